The zero-order chi connectivity index (χ0) is 20.1. The van der Waals surface area contributed by atoms with Crippen molar-refractivity contribution in [2.75, 3.05) is 7.11 Å². The number of fused-ring (bicyclic) bond motifs is 1. The van der Waals surface area contributed by atoms with Crippen molar-refractivity contribution < 1.29 is 34.1 Å². The van der Waals surface area contributed by atoms with E-state index in [4.69, 9.17) is 4.74 Å². The van der Waals surface area contributed by atoms with Crippen molar-refractivity contribution in [1.82, 2.24) is 10.2 Å². The molecule has 2 aliphatic rings. The molecule has 0 bridgehead atoms. The molecule has 3 rings (SSSR count). The van der Waals surface area contributed by atoms with Crippen LogP contribution in [0, 0.1) is 0 Å². The van der Waals surface area contributed by atoms with E-state index in [1.54, 1.807) is 24.6 Å². The molecule has 1 aromatic rings. The predicted molar refractivity (Wildman–Crippen MR) is 96.3 cm³/mol. The quantitative estimate of drug-likeness (QED) is 0.349. The van der Waals surface area contributed by atoms with E-state index in [1.165, 1.54) is 36.3 Å². The van der Waals surface area contributed by atoms with E-state index in [9.17, 15) is 29.4 Å². The highest BCUT2D eigenvalue weighted by atomic mass is 32.2. The van der Waals surface area contributed by atoms with E-state index in [1.807, 2.05) is 0 Å². The molecule has 0 unspecified atom stereocenters. The number of nitrogens with zero attached hydrogens (tertiary/aromatic N) is 1. The Labute approximate surface area is 162 Å². The van der Waals surface area contributed by atoms with Crippen LogP contribution in [0.4, 0.5) is 0 Å². The molecule has 2 fully saturated rings. The second kappa shape index (κ2) is 6.50. The molecule has 3 heterocycles. The highest BCUT2D eigenvalue weighted by Gasteiger charge is 2.73. The summed E-state index contributed by atoms with van der Waals surface area (Å²) in [6.07, 6.45) is 0. The van der Waals surface area contributed by atoms with Crippen molar-refractivity contribution >= 4 is 46.9 Å². The van der Waals surface area contributed by atoms with Gasteiger partial charge in [0.25, 0.3) is 11.6 Å². The Morgan fingerprint density at radius 2 is 2.00 bits per heavy atom. The normalized spacial score (nSPS) is 29.6. The maximum Gasteiger partial charge on any atom is 0.327 e. The average molecular weight is 414 g/mol. The lowest BCUT2D eigenvalue weighted by Crippen LogP contribution is -2.80. The SMILES string of the molecule is CO[C@@]1(NC(=O)[C@H](C(=O)O)c2ccsc2)C(=O)N2[C@H](C(=O)O)C(C)(C)S[C@@H]21. The maximum absolute atomic E-state index is 12.8. The Kier molecular flexibility index (Phi) is 4.73. The van der Waals surface area contributed by atoms with Gasteiger partial charge in [-0.1, -0.05) is 0 Å². The Hall–Kier alpha value is -2.11. The Morgan fingerprint density at radius 3 is 2.48 bits per heavy atom. The van der Waals surface area contributed by atoms with Gasteiger partial charge in [-0.25, -0.2) is 4.79 Å². The van der Waals surface area contributed by atoms with Crippen LogP contribution in [0.5, 0.6) is 0 Å². The van der Waals surface area contributed by atoms with Gasteiger partial charge in [0.05, 0.1) is 0 Å². The molecule has 3 N–H and O–H groups in total. The molecule has 2 saturated heterocycles. The molecular formula is C16H18N2O7S2. The number of β-lactam (4-membered cyclic amide) rings is 1. The van der Waals surface area contributed by atoms with Crippen LogP contribution >= 0.6 is 23.1 Å². The van der Waals surface area contributed by atoms with Gasteiger partial charge in [-0.2, -0.15) is 11.3 Å². The smallest absolute Gasteiger partial charge is 0.327 e. The summed E-state index contributed by atoms with van der Waals surface area (Å²) >= 11 is 2.43. The summed E-state index contributed by atoms with van der Waals surface area (Å²) in [5, 5.41) is 23.8. The van der Waals surface area contributed by atoms with Crippen LogP contribution in [0.15, 0.2) is 16.8 Å². The molecule has 9 nitrogen and oxygen atoms in total. The van der Waals surface area contributed by atoms with Gasteiger partial charge in [0.1, 0.15) is 11.4 Å². The number of nitrogens with one attached hydrogen (secondary N) is 1. The van der Waals surface area contributed by atoms with Crippen molar-refractivity contribution in [3.8, 4) is 0 Å². The zero-order valence-electron chi connectivity index (χ0n) is 14.7. The monoisotopic (exact) mass is 414 g/mol. The highest BCUT2D eigenvalue weighted by molar-refractivity contribution is 8.01. The molecule has 0 aromatic carbocycles. The van der Waals surface area contributed by atoms with Gasteiger partial charge in [0.2, 0.25) is 5.91 Å². The number of ether oxygens (including phenoxy) is 1. The number of hydrogen-bond donors (Lipinski definition) is 3. The third kappa shape index (κ3) is 2.80. The summed E-state index contributed by atoms with van der Waals surface area (Å²) in [6, 6.07) is 0.443. The standard InChI is InChI=1S/C16H18N2O7S2/c1-15(2)9(12(22)23)18-13(24)16(25-3,14(18)27-15)17-10(19)8(11(20)21)7-4-5-26-6-7/h4-6,8-9,14H,1-3H3,(H,17,19)(H,20,21)(H,22,23)/t8-,9-,14-,16+/m1/s1. The average Bonchev–Trinajstić information content (AvgIpc) is 3.16. The molecule has 0 spiro atoms. The molecule has 27 heavy (non-hydrogen) atoms. The van der Waals surface area contributed by atoms with Gasteiger partial charge in [0, 0.05) is 11.9 Å². The lowest BCUT2D eigenvalue weighted by molar-refractivity contribution is -0.201. The van der Waals surface area contributed by atoms with Crippen molar-refractivity contribution in [2.45, 2.75) is 41.7 Å². The predicted octanol–water partition coefficient (Wildman–Crippen LogP) is 0.522. The molecule has 0 aliphatic carbocycles. The first-order valence-corrected chi connectivity index (χ1v) is 9.74. The molecule has 2 aliphatic heterocycles. The van der Waals surface area contributed by atoms with E-state index >= 15 is 0 Å². The highest BCUT2D eigenvalue weighted by Crippen LogP contribution is 2.55. The van der Waals surface area contributed by atoms with E-state index in [0.29, 0.717) is 5.56 Å². The number of hydrogen-bond acceptors (Lipinski definition) is 7. The number of carbonyl (C=O) groups is 4. The van der Waals surface area contributed by atoms with Crippen LogP contribution in [0.3, 0.4) is 0 Å². The fraction of sp³-hybridized carbons (Fsp3) is 0.500. The van der Waals surface area contributed by atoms with Crippen molar-refractivity contribution in [3.05, 3.63) is 22.4 Å². The molecule has 4 atom stereocenters. The van der Waals surface area contributed by atoms with Gasteiger partial charge in [-0.05, 0) is 36.2 Å². The first-order valence-electron chi connectivity index (χ1n) is 7.92. The minimum absolute atomic E-state index is 0.294. The summed E-state index contributed by atoms with van der Waals surface area (Å²) < 4.78 is 4.50. The van der Waals surface area contributed by atoms with Crippen LogP contribution in [0.1, 0.15) is 25.3 Å². The number of carboxylic acids is 2. The minimum atomic E-state index is -1.80. The van der Waals surface area contributed by atoms with E-state index < -0.39 is 51.6 Å². The number of carboxylic acid groups (broad SMARTS) is 2. The third-order valence-electron chi connectivity index (χ3n) is 4.76. The summed E-state index contributed by atoms with van der Waals surface area (Å²) in [6.45, 7) is 3.38. The summed E-state index contributed by atoms with van der Waals surface area (Å²) in [5.74, 6) is -5.61. The molecular weight excluding hydrogens is 396 g/mol. The summed E-state index contributed by atoms with van der Waals surface area (Å²) in [5.41, 5.74) is -1.50. The van der Waals surface area contributed by atoms with Crippen LogP contribution in [-0.4, -0.2) is 67.9 Å². The molecule has 0 radical (unpaired) electrons. The van der Waals surface area contributed by atoms with Crippen LogP contribution in [0.2, 0.25) is 0 Å². The largest absolute Gasteiger partial charge is 0.480 e. The number of carbonyl (C=O) groups excluding carboxylic acids is 2. The third-order valence-corrected chi connectivity index (χ3v) is 7.07. The van der Waals surface area contributed by atoms with Crippen LogP contribution in [0.25, 0.3) is 0 Å². The van der Waals surface area contributed by atoms with E-state index in [-0.39, 0.29) is 0 Å². The second-order valence-electron chi connectivity index (χ2n) is 6.78. The molecule has 0 saturated carbocycles. The van der Waals surface area contributed by atoms with Crippen LogP contribution in [-0.2, 0) is 23.9 Å². The van der Waals surface area contributed by atoms with E-state index in [2.05, 4.69) is 5.32 Å². The van der Waals surface area contributed by atoms with Gasteiger partial charge in [-0.15, -0.1) is 11.8 Å². The number of thiophene rings is 1. The Morgan fingerprint density at radius 1 is 1.33 bits per heavy atom. The molecule has 11 heteroatoms. The molecule has 146 valence electrons. The number of rotatable bonds is 6. The Balaban J connectivity index is 1.89. The van der Waals surface area contributed by atoms with Crippen molar-refractivity contribution in [3.63, 3.8) is 0 Å². The number of amides is 2. The second-order valence-corrected chi connectivity index (χ2v) is 9.30. The minimum Gasteiger partial charge on any atom is -0.480 e. The van der Waals surface area contributed by atoms with Gasteiger partial charge in [-0.3, -0.25) is 14.4 Å². The number of thioether (sulfide) groups is 1. The summed E-state index contributed by atoms with van der Waals surface area (Å²) in [4.78, 5) is 49.9. The lowest BCUT2D eigenvalue weighted by atomic mass is 9.92. The number of methoxy groups -OCH3 is 1. The van der Waals surface area contributed by atoms with Crippen molar-refractivity contribution in [2.24, 2.45) is 0 Å². The number of aliphatic carboxylic acids is 2. The van der Waals surface area contributed by atoms with E-state index in [0.717, 1.165) is 4.90 Å². The van der Waals surface area contributed by atoms with Crippen LogP contribution < -0.4 is 5.32 Å². The topological polar surface area (TPSA) is 133 Å². The van der Waals surface area contributed by atoms with Crippen molar-refractivity contribution in [1.29, 1.82) is 0 Å². The van der Waals surface area contributed by atoms with Gasteiger partial charge >= 0.3 is 11.9 Å². The first kappa shape index (κ1) is 19.6. The molecule has 2 amide bonds. The van der Waals surface area contributed by atoms with Gasteiger partial charge < -0.3 is 25.2 Å². The lowest BCUT2D eigenvalue weighted by Gasteiger charge is -2.51. The maximum atomic E-state index is 12.8. The summed E-state index contributed by atoms with van der Waals surface area (Å²) in [7, 11) is 1.22. The first-order chi connectivity index (χ1) is 12.6. The van der Waals surface area contributed by atoms with Gasteiger partial charge in [0.15, 0.2) is 5.92 Å². The fourth-order valence-corrected chi connectivity index (χ4v) is 5.84. The molecule has 1 aromatic heterocycles. The zero-order valence-corrected chi connectivity index (χ0v) is 16.3. The Bertz CT molecular complexity index is 810. The fourth-order valence-electron chi connectivity index (χ4n) is 3.48.